The van der Waals surface area contributed by atoms with Crippen LogP contribution >= 0.6 is 0 Å². The van der Waals surface area contributed by atoms with Crippen LogP contribution in [0.3, 0.4) is 0 Å². The molecule has 0 bridgehead atoms. The van der Waals surface area contributed by atoms with Gasteiger partial charge in [0.25, 0.3) is 5.56 Å². The molecule has 1 N–H and O–H groups in total. The molecule has 1 aliphatic carbocycles. The van der Waals surface area contributed by atoms with E-state index in [1.807, 2.05) is 6.92 Å². The average Bonchev–Trinajstić information content (AvgIpc) is 3.17. The van der Waals surface area contributed by atoms with Gasteiger partial charge in [0.15, 0.2) is 5.52 Å². The molecule has 0 amide bonds. The van der Waals surface area contributed by atoms with Gasteiger partial charge in [0.1, 0.15) is 5.52 Å². The van der Waals surface area contributed by atoms with Gasteiger partial charge in [0.05, 0.1) is 30.0 Å². The zero-order valence-corrected chi connectivity index (χ0v) is 12.7. The van der Waals surface area contributed by atoms with Crippen LogP contribution in [0.15, 0.2) is 17.2 Å². The van der Waals surface area contributed by atoms with Crippen LogP contribution < -0.4 is 5.56 Å². The second-order valence-corrected chi connectivity index (χ2v) is 5.89. The van der Waals surface area contributed by atoms with Crippen LogP contribution in [-0.4, -0.2) is 29.5 Å². The molecule has 7 heteroatoms. The molecule has 0 aliphatic heterocycles. The Labute approximate surface area is 127 Å². The quantitative estimate of drug-likeness (QED) is 0.788. The smallest absolute Gasteiger partial charge is 0.279 e. The number of aryl methyl sites for hydroxylation is 2. The van der Waals surface area contributed by atoms with Crippen molar-refractivity contribution in [2.75, 3.05) is 0 Å². The third kappa shape index (κ3) is 2.04. The van der Waals surface area contributed by atoms with Gasteiger partial charge in [-0.2, -0.15) is 10.2 Å². The van der Waals surface area contributed by atoms with E-state index in [9.17, 15) is 4.79 Å². The molecule has 0 aromatic carbocycles. The normalized spacial score (nSPS) is 14.8. The Bertz CT molecular complexity index is 899. The maximum Gasteiger partial charge on any atom is 0.279 e. The number of fused-ring (bicyclic) bond motifs is 1. The largest absolute Gasteiger partial charge is 0.291 e. The van der Waals surface area contributed by atoms with Crippen LogP contribution in [0.2, 0.25) is 0 Å². The van der Waals surface area contributed by atoms with Crippen LogP contribution in [0, 0.1) is 0 Å². The zero-order chi connectivity index (χ0) is 15.3. The molecule has 1 fully saturated rings. The number of aromatic nitrogens is 6. The first-order chi connectivity index (χ1) is 10.7. The Morgan fingerprint density at radius 3 is 2.95 bits per heavy atom. The topological polar surface area (TPSA) is 81.4 Å². The summed E-state index contributed by atoms with van der Waals surface area (Å²) in [4.78, 5) is 17.1. The molecule has 0 atom stereocenters. The van der Waals surface area contributed by atoms with Gasteiger partial charge in [0.2, 0.25) is 0 Å². The summed E-state index contributed by atoms with van der Waals surface area (Å²) >= 11 is 0. The standard InChI is InChI=1S/C15H18N6O/c1-3-11-13-14(20(2)19-11)15(22)21(8-16-13)7-10-6-12(18-17-10)9-4-5-9/h6,8-9H,3-5,7H2,1-2H3,(H,17,18). The molecule has 114 valence electrons. The minimum Gasteiger partial charge on any atom is -0.291 e. The highest BCUT2D eigenvalue weighted by molar-refractivity contribution is 5.76. The van der Waals surface area contributed by atoms with Crippen LogP contribution in [0.1, 0.15) is 42.8 Å². The highest BCUT2D eigenvalue weighted by Crippen LogP contribution is 2.39. The fraction of sp³-hybridized carbons (Fsp3) is 0.467. The molecular weight excluding hydrogens is 280 g/mol. The van der Waals surface area contributed by atoms with Crippen LogP contribution in [0.25, 0.3) is 11.0 Å². The lowest BCUT2D eigenvalue weighted by Crippen LogP contribution is -2.22. The average molecular weight is 298 g/mol. The van der Waals surface area contributed by atoms with E-state index in [1.54, 1.807) is 22.6 Å². The van der Waals surface area contributed by atoms with E-state index in [1.165, 1.54) is 12.8 Å². The van der Waals surface area contributed by atoms with Crippen LogP contribution in [-0.2, 0) is 20.0 Å². The molecule has 3 aromatic heterocycles. The van der Waals surface area contributed by atoms with Crippen molar-refractivity contribution in [1.29, 1.82) is 0 Å². The van der Waals surface area contributed by atoms with Crippen molar-refractivity contribution < 1.29 is 0 Å². The first-order valence-corrected chi connectivity index (χ1v) is 7.62. The van der Waals surface area contributed by atoms with Gasteiger partial charge >= 0.3 is 0 Å². The summed E-state index contributed by atoms with van der Waals surface area (Å²) in [5.41, 5.74) is 4.09. The molecule has 1 aliphatic rings. The van der Waals surface area contributed by atoms with E-state index in [0.29, 0.717) is 23.5 Å². The Hall–Kier alpha value is -2.44. The molecule has 4 rings (SSSR count). The third-order valence-electron chi connectivity index (χ3n) is 4.20. The lowest BCUT2D eigenvalue weighted by atomic mass is 10.2. The van der Waals surface area contributed by atoms with Crippen molar-refractivity contribution >= 4 is 11.0 Å². The molecule has 0 radical (unpaired) electrons. The van der Waals surface area contributed by atoms with Gasteiger partial charge in [-0.25, -0.2) is 4.98 Å². The molecule has 7 nitrogen and oxygen atoms in total. The van der Waals surface area contributed by atoms with Gasteiger partial charge in [-0.3, -0.25) is 19.1 Å². The zero-order valence-electron chi connectivity index (χ0n) is 12.7. The molecule has 0 saturated heterocycles. The summed E-state index contributed by atoms with van der Waals surface area (Å²) < 4.78 is 3.23. The monoisotopic (exact) mass is 298 g/mol. The lowest BCUT2D eigenvalue weighted by molar-refractivity contribution is 0.711. The number of nitrogens with one attached hydrogen (secondary N) is 1. The molecule has 22 heavy (non-hydrogen) atoms. The highest BCUT2D eigenvalue weighted by Gasteiger charge is 2.26. The van der Waals surface area contributed by atoms with Crippen molar-refractivity contribution in [2.24, 2.45) is 7.05 Å². The number of aromatic amines is 1. The van der Waals surface area contributed by atoms with Gasteiger partial charge in [-0.05, 0) is 25.3 Å². The minimum atomic E-state index is -0.0673. The summed E-state index contributed by atoms with van der Waals surface area (Å²) in [6.45, 7) is 2.47. The Morgan fingerprint density at radius 1 is 1.41 bits per heavy atom. The lowest BCUT2D eigenvalue weighted by Gasteiger charge is -2.03. The van der Waals surface area contributed by atoms with E-state index in [2.05, 4.69) is 26.3 Å². The van der Waals surface area contributed by atoms with E-state index in [0.717, 1.165) is 23.5 Å². The van der Waals surface area contributed by atoms with Crippen molar-refractivity contribution in [1.82, 2.24) is 29.5 Å². The third-order valence-corrected chi connectivity index (χ3v) is 4.20. The van der Waals surface area contributed by atoms with E-state index >= 15 is 0 Å². The molecule has 0 spiro atoms. The Kier molecular flexibility index (Phi) is 2.88. The summed E-state index contributed by atoms with van der Waals surface area (Å²) in [6, 6.07) is 2.05. The van der Waals surface area contributed by atoms with Crippen molar-refractivity contribution in [3.8, 4) is 0 Å². The van der Waals surface area contributed by atoms with Crippen molar-refractivity contribution in [3.63, 3.8) is 0 Å². The molecule has 1 saturated carbocycles. The fourth-order valence-electron chi connectivity index (χ4n) is 2.84. The number of rotatable bonds is 4. The predicted molar refractivity (Wildman–Crippen MR) is 81.8 cm³/mol. The van der Waals surface area contributed by atoms with Gasteiger partial charge in [-0.1, -0.05) is 6.92 Å². The van der Waals surface area contributed by atoms with E-state index in [-0.39, 0.29) is 5.56 Å². The minimum absolute atomic E-state index is 0.0673. The van der Waals surface area contributed by atoms with E-state index in [4.69, 9.17) is 0 Å². The van der Waals surface area contributed by atoms with Crippen molar-refractivity contribution in [3.05, 3.63) is 39.8 Å². The van der Waals surface area contributed by atoms with Crippen LogP contribution in [0.5, 0.6) is 0 Å². The summed E-state index contributed by atoms with van der Waals surface area (Å²) in [7, 11) is 1.79. The number of hydrogen-bond donors (Lipinski definition) is 1. The van der Waals surface area contributed by atoms with Gasteiger partial charge in [-0.15, -0.1) is 0 Å². The molecule has 0 unspecified atom stereocenters. The summed E-state index contributed by atoms with van der Waals surface area (Å²) in [5, 5.41) is 11.7. The Balaban J connectivity index is 1.73. The fourth-order valence-corrected chi connectivity index (χ4v) is 2.84. The summed E-state index contributed by atoms with van der Waals surface area (Å²) in [6.07, 6.45) is 4.79. The highest BCUT2D eigenvalue weighted by atomic mass is 16.1. The predicted octanol–water partition coefficient (Wildman–Crippen LogP) is 1.34. The van der Waals surface area contributed by atoms with Gasteiger partial charge < -0.3 is 0 Å². The maximum atomic E-state index is 12.7. The molecule has 3 heterocycles. The summed E-state index contributed by atoms with van der Waals surface area (Å²) in [5.74, 6) is 0.603. The molecule has 3 aromatic rings. The number of H-pyrrole nitrogens is 1. The first kappa shape index (κ1) is 13.2. The molecular formula is C15H18N6O. The number of nitrogens with zero attached hydrogens (tertiary/aromatic N) is 5. The number of hydrogen-bond acceptors (Lipinski definition) is 4. The van der Waals surface area contributed by atoms with Crippen LogP contribution in [0.4, 0.5) is 0 Å². The Morgan fingerprint density at radius 2 is 2.23 bits per heavy atom. The van der Waals surface area contributed by atoms with Crippen molar-refractivity contribution in [2.45, 2.75) is 38.6 Å². The van der Waals surface area contributed by atoms with Gasteiger partial charge in [0, 0.05) is 13.0 Å². The SMILES string of the molecule is CCc1nn(C)c2c(=O)n(Cc3cc(C4CC4)n[nH]3)cnc12. The second kappa shape index (κ2) is 4.79. The first-order valence-electron chi connectivity index (χ1n) is 7.62. The maximum absolute atomic E-state index is 12.7. The van der Waals surface area contributed by atoms with E-state index < -0.39 is 0 Å². The second-order valence-electron chi connectivity index (χ2n) is 5.89.